The molecule has 4 aliphatic heterocycles. The first kappa shape index (κ1) is 32.7. The molecule has 50 heavy (non-hydrogen) atoms. The molecule has 8 rings (SSSR count). The Hall–Kier alpha value is -4.48. The second-order valence-corrected chi connectivity index (χ2v) is 13.4. The van der Waals surface area contributed by atoms with Crippen molar-refractivity contribution in [2.24, 2.45) is 11.8 Å². The summed E-state index contributed by atoms with van der Waals surface area (Å²) in [6, 6.07) is 24.5. The first-order valence-electron chi connectivity index (χ1n) is 17.4. The van der Waals surface area contributed by atoms with Gasteiger partial charge in [-0.1, -0.05) is 24.3 Å². The molecule has 0 aliphatic carbocycles. The van der Waals surface area contributed by atoms with Gasteiger partial charge in [-0.05, 0) is 98.2 Å². The molecule has 4 heterocycles. The van der Waals surface area contributed by atoms with Gasteiger partial charge in [0.1, 0.15) is 23.0 Å². The molecule has 4 aromatic rings. The molecule has 0 amide bonds. The molecular weight excluding hydrogens is 640 g/mol. The van der Waals surface area contributed by atoms with E-state index in [2.05, 4.69) is 0 Å². The highest BCUT2D eigenvalue weighted by atomic mass is 16.6. The minimum atomic E-state index is -0.502. The lowest BCUT2D eigenvalue weighted by Gasteiger charge is -2.14. The maximum Gasteiger partial charge on any atom is 0.343 e. The third kappa shape index (κ3) is 8.62. The predicted molar refractivity (Wildman–Crippen MR) is 182 cm³/mol. The second kappa shape index (κ2) is 14.8. The second-order valence-electron chi connectivity index (χ2n) is 13.4. The van der Waals surface area contributed by atoms with E-state index in [1.54, 1.807) is 60.7 Å². The molecule has 4 aromatic carbocycles. The van der Waals surface area contributed by atoms with Gasteiger partial charge in [-0.3, -0.25) is 0 Å². The summed E-state index contributed by atoms with van der Waals surface area (Å²) in [7, 11) is 0. The molecule has 4 fully saturated rings. The summed E-state index contributed by atoms with van der Waals surface area (Å²) in [4.78, 5) is 26.2. The monoisotopic (exact) mass is 680 g/mol. The number of ether oxygens (including phenoxy) is 8. The first-order valence-corrected chi connectivity index (χ1v) is 17.4. The fourth-order valence-electron chi connectivity index (χ4n) is 6.42. The third-order valence-corrected chi connectivity index (χ3v) is 9.65. The summed E-state index contributed by atoms with van der Waals surface area (Å²) in [6.45, 7) is 4.46. The van der Waals surface area contributed by atoms with Crippen molar-refractivity contribution in [2.75, 3.05) is 39.6 Å². The Labute approximate surface area is 290 Å². The van der Waals surface area contributed by atoms with Crippen LogP contribution in [0.3, 0.4) is 0 Å². The van der Waals surface area contributed by atoms with Crippen LogP contribution in [0.2, 0.25) is 0 Å². The topological polar surface area (TPSA) is 121 Å². The fraction of sp³-hybridized carbons (Fsp3) is 0.400. The quantitative estimate of drug-likeness (QED) is 0.0661. The number of hydrogen-bond acceptors (Lipinski definition) is 10. The van der Waals surface area contributed by atoms with E-state index in [-0.39, 0.29) is 0 Å². The van der Waals surface area contributed by atoms with Crippen molar-refractivity contribution in [3.05, 3.63) is 96.1 Å². The molecule has 10 heteroatoms. The number of carbonyl (C=O) groups is 2. The van der Waals surface area contributed by atoms with Crippen molar-refractivity contribution in [1.29, 1.82) is 0 Å². The van der Waals surface area contributed by atoms with E-state index < -0.39 is 11.9 Å². The minimum absolute atomic E-state index is 0.319. The van der Waals surface area contributed by atoms with E-state index in [0.29, 0.717) is 94.4 Å². The smallest absolute Gasteiger partial charge is 0.343 e. The first-order chi connectivity index (χ1) is 24.6. The van der Waals surface area contributed by atoms with Crippen molar-refractivity contribution in [3.8, 4) is 23.0 Å². The summed E-state index contributed by atoms with van der Waals surface area (Å²) >= 11 is 0. The Balaban J connectivity index is 0.844. The van der Waals surface area contributed by atoms with Crippen LogP contribution in [-0.4, -0.2) is 76.0 Å². The number of benzene rings is 4. The SMILES string of the molecule is O=C(Oc1ccc(OC(=O)c2ccc(OCCC(CC3CO3)C3CO3)cc2)c2ccccc12)c1ccc(OCCC(CC2CO2)C2CO2)cc1. The molecule has 0 aromatic heterocycles. The maximum atomic E-state index is 13.1. The Kier molecular flexibility index (Phi) is 9.67. The van der Waals surface area contributed by atoms with Gasteiger partial charge in [0, 0.05) is 10.8 Å². The van der Waals surface area contributed by atoms with Gasteiger partial charge >= 0.3 is 11.9 Å². The zero-order valence-corrected chi connectivity index (χ0v) is 27.7. The van der Waals surface area contributed by atoms with Crippen LogP contribution in [0.4, 0.5) is 0 Å². The summed E-state index contributed by atoms with van der Waals surface area (Å²) in [5.41, 5.74) is 0.785. The van der Waals surface area contributed by atoms with Gasteiger partial charge < -0.3 is 37.9 Å². The molecule has 4 aliphatic rings. The third-order valence-electron chi connectivity index (χ3n) is 9.65. The van der Waals surface area contributed by atoms with Crippen molar-refractivity contribution < 1.29 is 47.5 Å². The maximum absolute atomic E-state index is 13.1. The summed E-state index contributed by atoms with van der Waals surface area (Å²) in [6.07, 6.45) is 5.17. The van der Waals surface area contributed by atoms with Crippen molar-refractivity contribution in [2.45, 2.75) is 50.1 Å². The Morgan fingerprint density at radius 1 is 0.560 bits per heavy atom. The highest BCUT2D eigenvalue weighted by molar-refractivity contribution is 6.00. The van der Waals surface area contributed by atoms with Crippen molar-refractivity contribution >= 4 is 22.7 Å². The Bertz CT molecular complexity index is 1660. The van der Waals surface area contributed by atoms with Gasteiger partial charge in [0.25, 0.3) is 0 Å². The van der Waals surface area contributed by atoms with Gasteiger partial charge in [0.15, 0.2) is 0 Å². The number of hydrogen-bond donors (Lipinski definition) is 0. The Morgan fingerprint density at radius 3 is 1.32 bits per heavy atom. The zero-order valence-electron chi connectivity index (χ0n) is 27.7. The Morgan fingerprint density at radius 2 is 0.960 bits per heavy atom. The van der Waals surface area contributed by atoms with E-state index >= 15 is 0 Å². The van der Waals surface area contributed by atoms with Crippen LogP contribution in [0, 0.1) is 11.8 Å². The van der Waals surface area contributed by atoms with Gasteiger partial charge in [-0.25, -0.2) is 9.59 Å². The summed E-state index contributed by atoms with van der Waals surface area (Å²) in [5, 5.41) is 1.28. The summed E-state index contributed by atoms with van der Waals surface area (Å²) in [5.74, 6) is 1.97. The number of epoxide rings is 4. The molecule has 260 valence electrons. The zero-order chi connectivity index (χ0) is 33.9. The van der Waals surface area contributed by atoms with Crippen LogP contribution in [0.1, 0.15) is 46.4 Å². The molecule has 0 spiro atoms. The van der Waals surface area contributed by atoms with E-state index in [9.17, 15) is 9.59 Å². The normalized spacial score (nSPS) is 22.6. The molecule has 6 atom stereocenters. The van der Waals surface area contributed by atoms with Crippen LogP contribution < -0.4 is 18.9 Å². The van der Waals surface area contributed by atoms with Crippen LogP contribution in [0.5, 0.6) is 23.0 Å². The van der Waals surface area contributed by atoms with Crippen molar-refractivity contribution in [3.63, 3.8) is 0 Å². The predicted octanol–water partition coefficient (Wildman–Crippen LogP) is 6.42. The van der Waals surface area contributed by atoms with Crippen LogP contribution in [0.25, 0.3) is 10.8 Å². The van der Waals surface area contributed by atoms with Gasteiger partial charge in [-0.15, -0.1) is 0 Å². The molecular formula is C40H40O10. The molecule has 0 N–H and O–H groups in total. The van der Waals surface area contributed by atoms with Crippen LogP contribution in [-0.2, 0) is 18.9 Å². The van der Waals surface area contributed by atoms with E-state index in [1.807, 2.05) is 24.3 Å². The van der Waals surface area contributed by atoms with E-state index in [4.69, 9.17) is 37.9 Å². The number of esters is 2. The minimum Gasteiger partial charge on any atom is -0.494 e. The number of rotatable bonds is 18. The fourth-order valence-corrected chi connectivity index (χ4v) is 6.42. The van der Waals surface area contributed by atoms with Crippen LogP contribution >= 0.6 is 0 Å². The number of carbonyl (C=O) groups excluding carboxylic acids is 2. The van der Waals surface area contributed by atoms with Gasteiger partial charge in [0.05, 0.1) is 75.2 Å². The highest BCUT2D eigenvalue weighted by Crippen LogP contribution is 2.35. The lowest BCUT2D eigenvalue weighted by Crippen LogP contribution is -2.15. The molecule has 10 nitrogen and oxygen atoms in total. The average Bonchev–Trinajstić information content (AvgIpc) is 3.93. The van der Waals surface area contributed by atoms with E-state index in [0.717, 1.165) is 52.1 Å². The number of fused-ring (bicyclic) bond motifs is 1. The van der Waals surface area contributed by atoms with E-state index in [1.165, 1.54) is 0 Å². The standard InChI is InChI=1S/C40H40O10/c41-39(25-5-9-29(10-6-25)43-17-15-27(37-23-47-37)19-31-21-45-31)49-35-13-14-36(34-4-2-1-3-33(34)35)50-40(42)26-7-11-30(12-8-26)44-18-16-28(38-24-48-38)20-32-22-46-32/h1-14,27-28,31-32,37-38H,15-24H2. The lowest BCUT2D eigenvalue weighted by molar-refractivity contribution is 0.0723. The molecule has 4 saturated heterocycles. The molecule has 0 bridgehead atoms. The highest BCUT2D eigenvalue weighted by Gasteiger charge is 2.38. The largest absolute Gasteiger partial charge is 0.494 e. The molecule has 0 radical (unpaired) electrons. The van der Waals surface area contributed by atoms with Crippen LogP contribution in [0.15, 0.2) is 84.9 Å². The summed E-state index contributed by atoms with van der Waals surface area (Å²) < 4.78 is 45.3. The molecule has 6 unspecified atom stereocenters. The van der Waals surface area contributed by atoms with Gasteiger partial charge in [0.2, 0.25) is 0 Å². The lowest BCUT2D eigenvalue weighted by atomic mass is 9.97. The average molecular weight is 681 g/mol. The van der Waals surface area contributed by atoms with Crippen molar-refractivity contribution in [1.82, 2.24) is 0 Å². The van der Waals surface area contributed by atoms with Gasteiger partial charge in [-0.2, -0.15) is 0 Å². The molecule has 0 saturated carbocycles.